The molecule has 274 valence electrons. The third-order valence-electron chi connectivity index (χ3n) is 12.3. The largest absolute Gasteiger partial charge is 0.255 e. The summed E-state index contributed by atoms with van der Waals surface area (Å²) in [5, 5.41) is 0. The van der Waals surface area contributed by atoms with Gasteiger partial charge in [0, 0.05) is 36.1 Å². The molecule has 0 radical (unpaired) electrons. The van der Waals surface area contributed by atoms with E-state index in [4.69, 9.17) is 9.98 Å². The Morgan fingerprint density at radius 2 is 0.519 bits per heavy atom. The predicted molar refractivity (Wildman–Crippen MR) is 233 cm³/mol. The number of benzene rings is 6. The van der Waals surface area contributed by atoms with Crippen LogP contribution in [0.5, 0.6) is 0 Å². The molecule has 0 N–H and O–H groups in total. The van der Waals surface area contributed by atoms with E-state index in [9.17, 15) is 0 Å². The van der Waals surface area contributed by atoms with Gasteiger partial charge in [0.1, 0.15) is 0 Å². The molecule has 0 aliphatic heterocycles. The van der Waals surface area contributed by atoms with Gasteiger partial charge in [-0.15, -0.1) is 0 Å². The van der Waals surface area contributed by atoms with Crippen LogP contribution < -0.4 is 0 Å². The van der Waals surface area contributed by atoms with Crippen molar-refractivity contribution >= 4 is 23.8 Å². The first-order chi connectivity index (χ1) is 26.0. The van der Waals surface area contributed by atoms with Crippen molar-refractivity contribution in [2.24, 2.45) is 9.98 Å². The number of rotatable bonds is 11. The quantitative estimate of drug-likeness (QED) is 0.120. The summed E-state index contributed by atoms with van der Waals surface area (Å²) in [4.78, 5) is 10.9. The molecule has 4 atom stereocenters. The summed E-state index contributed by atoms with van der Waals surface area (Å²) in [6.45, 7) is 22.9. The Kier molecular flexibility index (Phi) is 11.9. The molecule has 2 heteroatoms. The molecule has 0 aliphatic rings. The second-order valence-corrected chi connectivity index (χ2v) is 15.2. The first kappa shape index (κ1) is 38.4. The second kappa shape index (κ2) is 16.8. The molecule has 0 heterocycles. The minimum Gasteiger partial charge on any atom is -0.255 e. The van der Waals surface area contributed by atoms with Crippen LogP contribution in [0.4, 0.5) is 11.4 Å². The summed E-state index contributed by atoms with van der Waals surface area (Å²) in [5.74, 6) is 0.649. The van der Waals surface area contributed by atoms with Crippen LogP contribution in [0.25, 0.3) is 0 Å². The van der Waals surface area contributed by atoms with Crippen molar-refractivity contribution < 1.29 is 0 Å². The van der Waals surface area contributed by atoms with E-state index in [1.54, 1.807) is 0 Å². The van der Waals surface area contributed by atoms with E-state index in [2.05, 4.69) is 191 Å². The van der Waals surface area contributed by atoms with Gasteiger partial charge in [0.05, 0.1) is 11.4 Å². The van der Waals surface area contributed by atoms with Crippen LogP contribution in [-0.2, 0) is 0 Å². The molecule has 54 heavy (non-hydrogen) atoms. The van der Waals surface area contributed by atoms with Crippen molar-refractivity contribution in [2.45, 2.75) is 92.9 Å². The predicted octanol–water partition coefficient (Wildman–Crippen LogP) is 14.2. The Bertz CT molecular complexity index is 1960. The number of nitrogens with zero attached hydrogens (tertiary/aromatic N) is 2. The molecular formula is C52H56N2. The van der Waals surface area contributed by atoms with Crippen molar-refractivity contribution in [3.8, 4) is 0 Å². The van der Waals surface area contributed by atoms with Crippen LogP contribution in [0.15, 0.2) is 131 Å². The molecule has 6 aromatic rings. The smallest absolute Gasteiger partial charge is 0.0711 e. The van der Waals surface area contributed by atoms with Crippen molar-refractivity contribution in [1.82, 2.24) is 0 Å². The highest BCUT2D eigenvalue weighted by Gasteiger charge is 2.27. The van der Waals surface area contributed by atoms with E-state index in [0.717, 1.165) is 11.4 Å². The maximum Gasteiger partial charge on any atom is 0.0711 e. The van der Waals surface area contributed by atoms with E-state index >= 15 is 0 Å². The van der Waals surface area contributed by atoms with Gasteiger partial charge < -0.3 is 0 Å². The van der Waals surface area contributed by atoms with E-state index < -0.39 is 0 Å². The zero-order valence-corrected chi connectivity index (χ0v) is 33.9. The Labute approximate surface area is 324 Å². The normalized spacial score (nSPS) is 14.0. The van der Waals surface area contributed by atoms with Gasteiger partial charge in [0.25, 0.3) is 0 Å². The van der Waals surface area contributed by atoms with E-state index in [0.29, 0.717) is 0 Å². The van der Waals surface area contributed by atoms with Gasteiger partial charge in [-0.2, -0.15) is 0 Å². The summed E-state index contributed by atoms with van der Waals surface area (Å²) in [6, 6.07) is 43.4. The van der Waals surface area contributed by atoms with Crippen molar-refractivity contribution in [3.63, 3.8) is 0 Å². The Morgan fingerprint density at radius 1 is 0.315 bits per heavy atom. The fourth-order valence-corrected chi connectivity index (χ4v) is 8.62. The van der Waals surface area contributed by atoms with Crippen molar-refractivity contribution in [3.05, 3.63) is 199 Å². The molecule has 2 nitrogen and oxygen atoms in total. The van der Waals surface area contributed by atoms with Gasteiger partial charge in [0.15, 0.2) is 0 Å². The van der Waals surface area contributed by atoms with Crippen molar-refractivity contribution in [1.29, 1.82) is 0 Å². The standard InChI is InChI=1S/C52H56N2/c1-33-35(3)47(39(7)43-23-15-11-16-24-43)51(48(36(33)4)40(8)44-25-17-12-18-26-44)53-31-32-54-52-49(41(9)45-27-19-13-20-28-45)37(5)34(2)38(6)50(52)42(10)46-29-21-14-22-30-46/h11-32,39-42H,1-10H3/t39-,40-,41-,42-/m1/s1. The lowest BCUT2D eigenvalue weighted by Crippen LogP contribution is -2.10. The minimum absolute atomic E-state index is 0.162. The van der Waals surface area contributed by atoms with Crippen LogP contribution in [0.1, 0.15) is 129 Å². The van der Waals surface area contributed by atoms with Crippen LogP contribution in [0.3, 0.4) is 0 Å². The maximum atomic E-state index is 5.43. The Balaban J connectivity index is 1.57. The van der Waals surface area contributed by atoms with E-state index in [1.807, 2.05) is 12.4 Å². The average Bonchev–Trinajstić information content (AvgIpc) is 3.21. The third-order valence-corrected chi connectivity index (χ3v) is 12.3. The van der Waals surface area contributed by atoms with Crippen molar-refractivity contribution in [2.75, 3.05) is 0 Å². The molecule has 6 rings (SSSR count). The van der Waals surface area contributed by atoms with Gasteiger partial charge in [-0.05, 0) is 119 Å². The average molecular weight is 709 g/mol. The molecule has 0 unspecified atom stereocenters. The number of hydrogen-bond acceptors (Lipinski definition) is 2. The van der Waals surface area contributed by atoms with E-state index in [-0.39, 0.29) is 23.7 Å². The molecule has 0 bridgehead atoms. The number of aliphatic imine (C=N–C) groups is 2. The van der Waals surface area contributed by atoms with Crippen LogP contribution in [-0.4, -0.2) is 12.4 Å². The van der Waals surface area contributed by atoms with Gasteiger partial charge in [-0.25, -0.2) is 0 Å². The molecule has 6 aromatic carbocycles. The zero-order chi connectivity index (χ0) is 38.5. The summed E-state index contributed by atoms with van der Waals surface area (Å²) in [5.41, 5.74) is 20.3. The Morgan fingerprint density at radius 3 is 0.722 bits per heavy atom. The fraction of sp³-hybridized carbons (Fsp3) is 0.269. The SMILES string of the molecule is Cc1c(C)c([C@H](C)c2ccccc2)c(N=CC=Nc2c([C@H](C)c3ccccc3)c(C)c(C)c(C)c2[C@H](C)c2ccccc2)c([C@H](C)c2ccccc2)c1C. The lowest BCUT2D eigenvalue weighted by Gasteiger charge is -2.27. The van der Waals surface area contributed by atoms with Crippen LogP contribution >= 0.6 is 0 Å². The van der Waals surface area contributed by atoms with E-state index in [1.165, 1.54) is 77.9 Å². The van der Waals surface area contributed by atoms with Gasteiger partial charge in [0.2, 0.25) is 0 Å². The minimum atomic E-state index is 0.162. The summed E-state index contributed by atoms with van der Waals surface area (Å²) in [6.07, 6.45) is 3.90. The maximum absolute atomic E-state index is 5.43. The summed E-state index contributed by atoms with van der Waals surface area (Å²) >= 11 is 0. The van der Waals surface area contributed by atoms with Crippen LogP contribution in [0, 0.1) is 41.5 Å². The molecule has 0 spiro atoms. The fourth-order valence-electron chi connectivity index (χ4n) is 8.62. The highest BCUT2D eigenvalue weighted by Crippen LogP contribution is 2.46. The van der Waals surface area contributed by atoms with Gasteiger partial charge in [-0.1, -0.05) is 149 Å². The molecule has 0 fully saturated rings. The zero-order valence-electron chi connectivity index (χ0n) is 33.9. The first-order valence-corrected chi connectivity index (χ1v) is 19.6. The molecule has 0 aliphatic carbocycles. The highest BCUT2D eigenvalue weighted by molar-refractivity contribution is 6.17. The lowest BCUT2D eigenvalue weighted by atomic mass is 9.78. The van der Waals surface area contributed by atoms with Crippen LogP contribution in [0.2, 0.25) is 0 Å². The van der Waals surface area contributed by atoms with Gasteiger partial charge in [-0.3, -0.25) is 9.98 Å². The topological polar surface area (TPSA) is 24.7 Å². The monoisotopic (exact) mass is 708 g/mol. The summed E-state index contributed by atoms with van der Waals surface area (Å²) < 4.78 is 0. The molecular weight excluding hydrogens is 653 g/mol. The third kappa shape index (κ3) is 7.53. The van der Waals surface area contributed by atoms with Gasteiger partial charge >= 0.3 is 0 Å². The molecule has 0 saturated heterocycles. The molecule has 0 saturated carbocycles. The molecule has 0 aromatic heterocycles. The number of hydrogen-bond donors (Lipinski definition) is 0. The Hall–Kier alpha value is -5.34. The second-order valence-electron chi connectivity index (χ2n) is 15.2. The first-order valence-electron chi connectivity index (χ1n) is 19.6. The molecule has 0 amide bonds. The lowest BCUT2D eigenvalue weighted by molar-refractivity contribution is 0.864. The highest BCUT2D eigenvalue weighted by atomic mass is 14.8. The summed E-state index contributed by atoms with van der Waals surface area (Å²) in [7, 11) is 0.